The van der Waals surface area contributed by atoms with Crippen molar-refractivity contribution in [3.63, 3.8) is 0 Å². The number of aromatic amines is 1. The standard InChI is InChI=1S/C22H18N4O2/c1-13(27)16-6-11-19-20(12-16)26-21(25-19)14-4-9-18(10-5-14)24-22(28)15-2-7-17(23)8-3-15/h2-12H,23H2,1H3,(H,24,28)(H,25,26). The number of H-pyrrole nitrogens is 1. The molecule has 0 radical (unpaired) electrons. The first kappa shape index (κ1) is 17.5. The van der Waals surface area contributed by atoms with Gasteiger partial charge in [-0.25, -0.2) is 4.98 Å². The number of benzene rings is 3. The van der Waals surface area contributed by atoms with E-state index in [9.17, 15) is 9.59 Å². The van der Waals surface area contributed by atoms with E-state index in [-0.39, 0.29) is 11.7 Å². The first-order valence-corrected chi connectivity index (χ1v) is 8.77. The van der Waals surface area contributed by atoms with Gasteiger partial charge >= 0.3 is 0 Å². The Morgan fingerprint density at radius 1 is 0.929 bits per heavy atom. The van der Waals surface area contributed by atoms with Crippen LogP contribution in [0.2, 0.25) is 0 Å². The zero-order chi connectivity index (χ0) is 19.7. The zero-order valence-corrected chi connectivity index (χ0v) is 15.2. The number of hydrogen-bond donors (Lipinski definition) is 3. The monoisotopic (exact) mass is 370 g/mol. The lowest BCUT2D eigenvalue weighted by atomic mass is 10.1. The number of ketones is 1. The van der Waals surface area contributed by atoms with Gasteiger partial charge in [-0.05, 0) is 73.7 Å². The van der Waals surface area contributed by atoms with Crippen molar-refractivity contribution in [1.82, 2.24) is 9.97 Å². The van der Waals surface area contributed by atoms with Gasteiger partial charge < -0.3 is 16.0 Å². The van der Waals surface area contributed by atoms with Crippen LogP contribution in [0.15, 0.2) is 66.7 Å². The Kier molecular flexibility index (Phi) is 4.37. The number of carbonyl (C=O) groups is 2. The van der Waals surface area contributed by atoms with Gasteiger partial charge in [-0.15, -0.1) is 0 Å². The van der Waals surface area contributed by atoms with Gasteiger partial charge in [0, 0.05) is 28.1 Å². The molecule has 6 heteroatoms. The molecule has 0 aliphatic rings. The Morgan fingerprint density at radius 3 is 2.29 bits per heavy atom. The fourth-order valence-electron chi connectivity index (χ4n) is 2.91. The summed E-state index contributed by atoms with van der Waals surface area (Å²) < 4.78 is 0. The van der Waals surface area contributed by atoms with Gasteiger partial charge in [0.15, 0.2) is 5.78 Å². The molecule has 0 unspecified atom stereocenters. The van der Waals surface area contributed by atoms with Crippen molar-refractivity contribution in [2.45, 2.75) is 6.92 Å². The molecule has 0 aliphatic heterocycles. The van der Waals surface area contributed by atoms with Crippen LogP contribution in [0.5, 0.6) is 0 Å². The van der Waals surface area contributed by atoms with Gasteiger partial charge in [0.1, 0.15) is 5.82 Å². The quantitative estimate of drug-likeness (QED) is 0.369. The highest BCUT2D eigenvalue weighted by molar-refractivity contribution is 6.04. The van der Waals surface area contributed by atoms with Crippen LogP contribution in [0.1, 0.15) is 27.6 Å². The van der Waals surface area contributed by atoms with Crippen molar-refractivity contribution < 1.29 is 9.59 Å². The van der Waals surface area contributed by atoms with E-state index in [1.54, 1.807) is 36.4 Å². The van der Waals surface area contributed by atoms with E-state index >= 15 is 0 Å². The molecule has 4 aromatic rings. The maximum Gasteiger partial charge on any atom is 0.255 e. The number of imidazole rings is 1. The predicted octanol–water partition coefficient (Wildman–Crippen LogP) is 4.27. The molecule has 6 nitrogen and oxygen atoms in total. The van der Waals surface area contributed by atoms with Crippen molar-refractivity contribution in [2.75, 3.05) is 11.1 Å². The van der Waals surface area contributed by atoms with E-state index in [0.717, 1.165) is 16.6 Å². The third-order valence-corrected chi connectivity index (χ3v) is 4.48. The summed E-state index contributed by atoms with van der Waals surface area (Å²) in [7, 11) is 0. The summed E-state index contributed by atoms with van der Waals surface area (Å²) in [5.74, 6) is 0.507. The normalized spacial score (nSPS) is 10.8. The molecule has 0 atom stereocenters. The Bertz CT molecular complexity index is 1180. The fraction of sp³-hybridized carbons (Fsp3) is 0.0455. The number of anilines is 2. The second-order valence-corrected chi connectivity index (χ2v) is 6.53. The summed E-state index contributed by atoms with van der Waals surface area (Å²) >= 11 is 0. The van der Waals surface area contributed by atoms with Gasteiger partial charge in [0.25, 0.3) is 5.91 Å². The number of nitrogen functional groups attached to an aromatic ring is 1. The van der Waals surface area contributed by atoms with Crippen LogP contribution in [-0.2, 0) is 0 Å². The highest BCUT2D eigenvalue weighted by atomic mass is 16.1. The predicted molar refractivity (Wildman–Crippen MR) is 110 cm³/mol. The number of hydrogen-bond acceptors (Lipinski definition) is 4. The van der Waals surface area contributed by atoms with Gasteiger partial charge in [0.2, 0.25) is 0 Å². The lowest BCUT2D eigenvalue weighted by Crippen LogP contribution is -2.11. The highest BCUT2D eigenvalue weighted by Crippen LogP contribution is 2.23. The molecule has 4 N–H and O–H groups in total. The summed E-state index contributed by atoms with van der Waals surface area (Å²) in [6.45, 7) is 1.53. The molecule has 1 amide bonds. The number of nitrogens with two attached hydrogens (primary N) is 1. The second kappa shape index (κ2) is 7.00. The van der Waals surface area contributed by atoms with Gasteiger partial charge in [-0.1, -0.05) is 0 Å². The third kappa shape index (κ3) is 3.48. The van der Waals surface area contributed by atoms with Crippen molar-refractivity contribution >= 4 is 34.1 Å². The Morgan fingerprint density at radius 2 is 1.61 bits per heavy atom. The smallest absolute Gasteiger partial charge is 0.255 e. The number of carbonyl (C=O) groups excluding carboxylic acids is 2. The average Bonchev–Trinajstić information content (AvgIpc) is 3.12. The van der Waals surface area contributed by atoms with Crippen LogP contribution in [-0.4, -0.2) is 21.7 Å². The van der Waals surface area contributed by atoms with E-state index in [2.05, 4.69) is 15.3 Å². The maximum absolute atomic E-state index is 12.3. The molecule has 1 aromatic heterocycles. The lowest BCUT2D eigenvalue weighted by molar-refractivity contribution is 0.101. The number of nitrogens with one attached hydrogen (secondary N) is 2. The first-order valence-electron chi connectivity index (χ1n) is 8.77. The Balaban J connectivity index is 1.54. The minimum Gasteiger partial charge on any atom is -0.399 e. The van der Waals surface area contributed by atoms with Crippen molar-refractivity contribution in [1.29, 1.82) is 0 Å². The molecule has 4 rings (SSSR count). The molecule has 3 aromatic carbocycles. The molecule has 1 heterocycles. The number of rotatable bonds is 4. The largest absolute Gasteiger partial charge is 0.399 e. The molecule has 0 saturated heterocycles. The number of amides is 1. The molecule has 138 valence electrons. The number of Topliss-reactive ketones (excluding diaryl/α,β-unsaturated/α-hetero) is 1. The molecule has 0 fully saturated rings. The molecule has 0 aliphatic carbocycles. The summed E-state index contributed by atoms with van der Waals surface area (Å²) in [6.07, 6.45) is 0. The van der Waals surface area contributed by atoms with Crippen LogP contribution < -0.4 is 11.1 Å². The fourth-order valence-corrected chi connectivity index (χ4v) is 2.91. The van der Waals surface area contributed by atoms with E-state index in [1.807, 2.05) is 30.3 Å². The van der Waals surface area contributed by atoms with Crippen LogP contribution >= 0.6 is 0 Å². The van der Waals surface area contributed by atoms with E-state index in [0.29, 0.717) is 28.3 Å². The molecule has 0 spiro atoms. The summed E-state index contributed by atoms with van der Waals surface area (Å²) in [6, 6.07) is 19.5. The summed E-state index contributed by atoms with van der Waals surface area (Å²) in [5, 5.41) is 2.86. The third-order valence-electron chi connectivity index (χ3n) is 4.48. The van der Waals surface area contributed by atoms with Crippen LogP contribution in [0, 0.1) is 0 Å². The zero-order valence-electron chi connectivity index (χ0n) is 15.2. The van der Waals surface area contributed by atoms with Crippen molar-refractivity contribution in [3.8, 4) is 11.4 Å². The molecule has 0 saturated carbocycles. The number of aromatic nitrogens is 2. The second-order valence-electron chi connectivity index (χ2n) is 6.53. The average molecular weight is 370 g/mol. The maximum atomic E-state index is 12.3. The number of fused-ring (bicyclic) bond motifs is 1. The van der Waals surface area contributed by atoms with Crippen molar-refractivity contribution in [3.05, 3.63) is 77.9 Å². The van der Waals surface area contributed by atoms with Gasteiger partial charge in [-0.2, -0.15) is 0 Å². The van der Waals surface area contributed by atoms with E-state index in [1.165, 1.54) is 6.92 Å². The lowest BCUT2D eigenvalue weighted by Gasteiger charge is -2.06. The topological polar surface area (TPSA) is 101 Å². The summed E-state index contributed by atoms with van der Waals surface area (Å²) in [5.41, 5.74) is 10.6. The SMILES string of the molecule is CC(=O)c1ccc2[nH]c(-c3ccc(NC(=O)c4ccc(N)cc4)cc3)nc2c1. The first-order chi connectivity index (χ1) is 13.5. The minimum absolute atomic E-state index is 0.00708. The molecular weight excluding hydrogens is 352 g/mol. The minimum atomic E-state index is -0.201. The molecular formula is C22H18N4O2. The number of nitrogens with zero attached hydrogens (tertiary/aromatic N) is 1. The van der Waals surface area contributed by atoms with Crippen LogP contribution in [0.3, 0.4) is 0 Å². The molecule has 28 heavy (non-hydrogen) atoms. The van der Waals surface area contributed by atoms with Gasteiger partial charge in [-0.3, -0.25) is 9.59 Å². The van der Waals surface area contributed by atoms with Crippen LogP contribution in [0.4, 0.5) is 11.4 Å². The highest BCUT2D eigenvalue weighted by Gasteiger charge is 2.09. The Labute approximate surface area is 161 Å². The summed E-state index contributed by atoms with van der Waals surface area (Å²) in [4.78, 5) is 31.6. The van der Waals surface area contributed by atoms with E-state index in [4.69, 9.17) is 5.73 Å². The van der Waals surface area contributed by atoms with Crippen molar-refractivity contribution in [2.24, 2.45) is 0 Å². The van der Waals surface area contributed by atoms with Gasteiger partial charge in [0.05, 0.1) is 11.0 Å². The molecule has 0 bridgehead atoms. The van der Waals surface area contributed by atoms with Crippen LogP contribution in [0.25, 0.3) is 22.4 Å². The van der Waals surface area contributed by atoms with E-state index < -0.39 is 0 Å². The Hall–Kier alpha value is -3.93.